The monoisotopic (exact) mass is 212 g/mol. The molecule has 3 heteroatoms. The Kier molecular flexibility index (Phi) is 4.33. The Bertz CT molecular complexity index is 187. The summed E-state index contributed by atoms with van der Waals surface area (Å²) in [4.78, 5) is 5.10. The van der Waals surface area contributed by atoms with Crippen LogP contribution in [0.5, 0.6) is 0 Å². The van der Waals surface area contributed by atoms with E-state index in [0.29, 0.717) is 0 Å². The van der Waals surface area contributed by atoms with Gasteiger partial charge in [-0.25, -0.2) is 0 Å². The number of hydrogen-bond acceptors (Lipinski definition) is 3. The van der Waals surface area contributed by atoms with Crippen LogP contribution in [0.15, 0.2) is 0 Å². The van der Waals surface area contributed by atoms with Crippen LogP contribution in [0.3, 0.4) is 0 Å². The molecular weight excluding hydrogens is 186 g/mol. The molecule has 2 aliphatic rings. The summed E-state index contributed by atoms with van der Waals surface area (Å²) in [6, 6.07) is 0. The predicted octanol–water partition coefficient (Wildman–Crippen LogP) is 0.768. The number of likely N-dealkylation sites (tertiary alicyclic amines) is 1. The molecule has 0 spiro atoms. The van der Waals surface area contributed by atoms with Crippen LogP contribution in [0.1, 0.15) is 27.0 Å². The fraction of sp³-hybridized carbons (Fsp3) is 1.00. The van der Waals surface area contributed by atoms with Crippen molar-refractivity contribution >= 4 is 0 Å². The van der Waals surface area contributed by atoms with E-state index in [2.05, 4.69) is 15.1 Å². The molecule has 2 heterocycles. The van der Waals surface area contributed by atoms with E-state index in [9.17, 15) is 0 Å². The van der Waals surface area contributed by atoms with Gasteiger partial charge in [0.25, 0.3) is 0 Å². The molecule has 15 heavy (non-hydrogen) atoms. The molecule has 1 N–H and O–H groups in total. The van der Waals surface area contributed by atoms with E-state index in [0.717, 1.165) is 39.0 Å². The van der Waals surface area contributed by atoms with Crippen molar-refractivity contribution < 1.29 is 1.37 Å². The van der Waals surface area contributed by atoms with E-state index in [1.54, 1.807) is 0 Å². The predicted molar refractivity (Wildman–Crippen MR) is 64.2 cm³/mol. The van der Waals surface area contributed by atoms with Crippen molar-refractivity contribution in [3.8, 4) is 0 Å². The van der Waals surface area contributed by atoms with Crippen molar-refractivity contribution in [2.24, 2.45) is 0 Å². The minimum atomic E-state index is 0.212. The summed E-state index contributed by atoms with van der Waals surface area (Å²) in [6.07, 6.45) is 3.66. The molecule has 0 atom stereocenters. The van der Waals surface area contributed by atoms with E-state index in [-0.39, 0.29) is 6.40 Å². The maximum atomic E-state index is 7.66. The zero-order chi connectivity index (χ0) is 11.2. The van der Waals surface area contributed by atoms with Gasteiger partial charge in [-0.05, 0) is 45.4 Å². The largest absolute Gasteiger partial charge is 0.314 e. The molecule has 0 bridgehead atoms. The molecule has 2 fully saturated rings. The first kappa shape index (κ1) is 10.1. The lowest BCUT2D eigenvalue weighted by Gasteiger charge is -2.30. The number of nitrogens with zero attached hydrogens (tertiary/aromatic N) is 2. The topological polar surface area (TPSA) is 18.5 Å². The highest BCUT2D eigenvalue weighted by Gasteiger charge is 2.11. The van der Waals surface area contributed by atoms with Gasteiger partial charge in [0.1, 0.15) is 0 Å². The summed E-state index contributed by atoms with van der Waals surface area (Å²) in [5.74, 6) is 0. The molecule has 0 aliphatic carbocycles. The highest BCUT2D eigenvalue weighted by molar-refractivity contribution is 4.69. The van der Waals surface area contributed by atoms with E-state index >= 15 is 0 Å². The average molecular weight is 212 g/mol. The highest BCUT2D eigenvalue weighted by Crippen LogP contribution is 2.08. The smallest absolute Gasteiger partial charge is 0.0267 e. The van der Waals surface area contributed by atoms with Gasteiger partial charge >= 0.3 is 0 Å². The van der Waals surface area contributed by atoms with Crippen LogP contribution in [-0.2, 0) is 0 Å². The lowest BCUT2D eigenvalue weighted by molar-refractivity contribution is 0.193. The number of hydrogen-bond donors (Lipinski definition) is 1. The SMILES string of the molecule is [2H]C1CCN(CCCN2CCNCC2)CC1. The van der Waals surface area contributed by atoms with Crippen LogP contribution < -0.4 is 5.32 Å². The lowest BCUT2D eigenvalue weighted by atomic mass is 10.1. The molecule has 0 saturated carbocycles. The highest BCUT2D eigenvalue weighted by atomic mass is 15.2. The van der Waals surface area contributed by atoms with Crippen LogP contribution >= 0.6 is 0 Å². The lowest BCUT2D eigenvalue weighted by Crippen LogP contribution is -2.44. The van der Waals surface area contributed by atoms with Crippen LogP contribution in [0.4, 0.5) is 0 Å². The fourth-order valence-electron chi connectivity index (χ4n) is 2.48. The van der Waals surface area contributed by atoms with Gasteiger partial charge in [-0.15, -0.1) is 0 Å². The van der Waals surface area contributed by atoms with Crippen molar-refractivity contribution in [1.29, 1.82) is 0 Å². The second-order valence-corrected chi connectivity index (χ2v) is 4.65. The zero-order valence-corrected chi connectivity index (χ0v) is 9.75. The molecule has 0 aromatic rings. The van der Waals surface area contributed by atoms with Gasteiger partial charge in [0.2, 0.25) is 0 Å². The first-order valence-corrected chi connectivity index (χ1v) is 6.42. The molecule has 2 rings (SSSR count). The Balaban J connectivity index is 1.53. The number of piperidine rings is 1. The quantitative estimate of drug-likeness (QED) is 0.742. The maximum Gasteiger partial charge on any atom is 0.0267 e. The van der Waals surface area contributed by atoms with E-state index in [4.69, 9.17) is 1.37 Å². The second-order valence-electron chi connectivity index (χ2n) is 4.65. The molecule has 0 radical (unpaired) electrons. The minimum Gasteiger partial charge on any atom is -0.314 e. The summed E-state index contributed by atoms with van der Waals surface area (Å²) < 4.78 is 7.66. The van der Waals surface area contributed by atoms with Gasteiger partial charge in [-0.1, -0.05) is 6.40 Å². The summed E-state index contributed by atoms with van der Waals surface area (Å²) in [5.41, 5.74) is 0. The summed E-state index contributed by atoms with van der Waals surface area (Å²) in [5, 5.41) is 3.39. The molecular formula is C12H25N3. The Morgan fingerprint density at radius 1 is 0.933 bits per heavy atom. The van der Waals surface area contributed by atoms with Crippen LogP contribution in [0, 0.1) is 0 Å². The Labute approximate surface area is 95.2 Å². The second kappa shape index (κ2) is 6.46. The summed E-state index contributed by atoms with van der Waals surface area (Å²) in [7, 11) is 0. The molecule has 2 aliphatic heterocycles. The van der Waals surface area contributed by atoms with Crippen LogP contribution in [0.2, 0.25) is 0 Å². The van der Waals surface area contributed by atoms with Crippen molar-refractivity contribution in [3.05, 3.63) is 0 Å². The van der Waals surface area contributed by atoms with E-state index < -0.39 is 0 Å². The first-order chi connectivity index (χ1) is 7.84. The normalized spacial score (nSPS) is 27.9. The minimum absolute atomic E-state index is 0.212. The number of rotatable bonds is 4. The van der Waals surface area contributed by atoms with Gasteiger partial charge in [0.15, 0.2) is 0 Å². The van der Waals surface area contributed by atoms with Crippen molar-refractivity contribution in [2.45, 2.75) is 25.7 Å². The fourth-order valence-corrected chi connectivity index (χ4v) is 2.48. The number of nitrogens with one attached hydrogen (secondary N) is 1. The number of piperazine rings is 1. The average Bonchev–Trinajstić information content (AvgIpc) is 2.33. The summed E-state index contributed by atoms with van der Waals surface area (Å²) >= 11 is 0. The zero-order valence-electron chi connectivity index (χ0n) is 10.7. The van der Waals surface area contributed by atoms with Crippen molar-refractivity contribution in [1.82, 2.24) is 15.1 Å². The third-order valence-electron chi connectivity index (χ3n) is 3.46. The third kappa shape index (κ3) is 4.09. The molecule has 88 valence electrons. The van der Waals surface area contributed by atoms with Gasteiger partial charge in [-0.3, -0.25) is 0 Å². The Morgan fingerprint density at radius 2 is 1.53 bits per heavy atom. The molecule has 0 aromatic heterocycles. The standard InChI is InChI=1S/C12H25N3/c1-2-7-14(8-3-1)9-4-10-15-11-5-13-6-12-15/h13H,1-12H2/i1D. The van der Waals surface area contributed by atoms with Gasteiger partial charge in [0.05, 0.1) is 0 Å². The molecule has 3 nitrogen and oxygen atoms in total. The third-order valence-corrected chi connectivity index (χ3v) is 3.46. The van der Waals surface area contributed by atoms with Gasteiger partial charge in [0, 0.05) is 27.5 Å². The molecule has 0 aromatic carbocycles. The van der Waals surface area contributed by atoms with Crippen LogP contribution in [-0.4, -0.2) is 62.2 Å². The van der Waals surface area contributed by atoms with E-state index in [1.165, 1.54) is 32.6 Å². The Morgan fingerprint density at radius 3 is 2.20 bits per heavy atom. The maximum absolute atomic E-state index is 7.66. The Hall–Kier alpha value is -0.120. The molecule has 0 amide bonds. The van der Waals surface area contributed by atoms with Crippen LogP contribution in [0.25, 0.3) is 0 Å². The van der Waals surface area contributed by atoms with E-state index in [1.807, 2.05) is 0 Å². The van der Waals surface area contributed by atoms with Gasteiger partial charge < -0.3 is 15.1 Å². The first-order valence-electron chi connectivity index (χ1n) is 7.00. The molecule has 0 unspecified atom stereocenters. The summed E-state index contributed by atoms with van der Waals surface area (Å²) in [6.45, 7) is 9.53. The van der Waals surface area contributed by atoms with Crippen molar-refractivity contribution in [2.75, 3.05) is 52.4 Å². The molecule has 2 saturated heterocycles. The van der Waals surface area contributed by atoms with Gasteiger partial charge in [-0.2, -0.15) is 0 Å². The van der Waals surface area contributed by atoms with Crippen molar-refractivity contribution in [3.63, 3.8) is 0 Å².